The quantitative estimate of drug-likeness (QED) is 0.579. The van der Waals surface area contributed by atoms with Crippen molar-refractivity contribution in [3.05, 3.63) is 18.2 Å². The number of carbonyl (C=O) groups excluding carboxylic acids is 2. The van der Waals surface area contributed by atoms with E-state index in [-0.39, 0.29) is 12.2 Å². The average Bonchev–Trinajstić information content (AvgIpc) is 2.75. The molecule has 5 N–H and O–H groups in total. The molecule has 1 heterocycles. The Morgan fingerprint density at radius 2 is 2.19 bits per heavy atom. The SMILES string of the molecule is NC(=O)CCC(N)C(=O)CCc1ncc[nH]1. The third-order valence-corrected chi connectivity index (χ3v) is 2.28. The van der Waals surface area contributed by atoms with Crippen molar-refractivity contribution in [1.82, 2.24) is 9.97 Å². The second kappa shape index (κ2) is 6.02. The highest BCUT2D eigenvalue weighted by molar-refractivity contribution is 5.84. The molecule has 0 radical (unpaired) electrons. The van der Waals surface area contributed by atoms with Gasteiger partial charge in [-0.2, -0.15) is 0 Å². The predicted octanol–water partition coefficient (Wildman–Crippen LogP) is -0.496. The lowest BCUT2D eigenvalue weighted by atomic mass is 10.0. The Morgan fingerprint density at radius 3 is 2.75 bits per heavy atom. The molecular formula is C10H16N4O2. The lowest BCUT2D eigenvalue weighted by Crippen LogP contribution is -2.32. The minimum Gasteiger partial charge on any atom is -0.370 e. The number of rotatable bonds is 7. The average molecular weight is 224 g/mol. The summed E-state index contributed by atoms with van der Waals surface area (Å²) in [6.45, 7) is 0. The molecule has 0 spiro atoms. The van der Waals surface area contributed by atoms with Gasteiger partial charge in [0.05, 0.1) is 6.04 Å². The lowest BCUT2D eigenvalue weighted by molar-refractivity contribution is -0.121. The molecule has 1 aromatic rings. The molecule has 0 aliphatic rings. The minimum absolute atomic E-state index is 0.0716. The zero-order valence-corrected chi connectivity index (χ0v) is 8.98. The number of imidazole rings is 1. The van der Waals surface area contributed by atoms with Gasteiger partial charge in [0.15, 0.2) is 0 Å². The van der Waals surface area contributed by atoms with Crippen LogP contribution >= 0.6 is 0 Å². The zero-order chi connectivity index (χ0) is 12.0. The van der Waals surface area contributed by atoms with Gasteiger partial charge in [-0.3, -0.25) is 9.59 Å². The number of nitrogens with zero attached hydrogens (tertiary/aromatic N) is 1. The molecular weight excluding hydrogens is 208 g/mol. The number of Topliss-reactive ketones (excluding diaryl/α,β-unsaturated/α-hetero) is 1. The van der Waals surface area contributed by atoms with E-state index >= 15 is 0 Å². The fraction of sp³-hybridized carbons (Fsp3) is 0.500. The summed E-state index contributed by atoms with van der Waals surface area (Å²) in [7, 11) is 0. The van der Waals surface area contributed by atoms with Gasteiger partial charge in [-0.05, 0) is 6.42 Å². The van der Waals surface area contributed by atoms with Crippen LogP contribution in [-0.4, -0.2) is 27.7 Å². The van der Waals surface area contributed by atoms with E-state index in [0.717, 1.165) is 5.82 Å². The molecule has 1 unspecified atom stereocenters. The number of carbonyl (C=O) groups is 2. The Labute approximate surface area is 93.4 Å². The van der Waals surface area contributed by atoms with Gasteiger partial charge < -0.3 is 16.5 Å². The predicted molar refractivity (Wildman–Crippen MR) is 58.3 cm³/mol. The number of nitrogens with two attached hydrogens (primary N) is 2. The van der Waals surface area contributed by atoms with Gasteiger partial charge in [-0.15, -0.1) is 0 Å². The number of aromatic nitrogens is 2. The maximum atomic E-state index is 11.5. The van der Waals surface area contributed by atoms with Gasteiger partial charge >= 0.3 is 0 Å². The van der Waals surface area contributed by atoms with E-state index < -0.39 is 11.9 Å². The summed E-state index contributed by atoms with van der Waals surface area (Å²) < 4.78 is 0. The second-order valence-electron chi connectivity index (χ2n) is 3.61. The van der Waals surface area contributed by atoms with Gasteiger partial charge in [0.25, 0.3) is 0 Å². The van der Waals surface area contributed by atoms with Crippen molar-refractivity contribution in [2.24, 2.45) is 11.5 Å². The number of hydrogen-bond acceptors (Lipinski definition) is 4. The van der Waals surface area contributed by atoms with E-state index in [1.807, 2.05) is 0 Å². The van der Waals surface area contributed by atoms with Crippen LogP contribution in [0.25, 0.3) is 0 Å². The number of primary amides is 1. The molecule has 0 fully saturated rings. The zero-order valence-electron chi connectivity index (χ0n) is 8.98. The normalized spacial score (nSPS) is 12.3. The van der Waals surface area contributed by atoms with E-state index in [2.05, 4.69) is 9.97 Å². The van der Waals surface area contributed by atoms with E-state index in [9.17, 15) is 9.59 Å². The van der Waals surface area contributed by atoms with Crippen LogP contribution in [0.4, 0.5) is 0 Å². The van der Waals surface area contributed by atoms with Crippen LogP contribution in [0.15, 0.2) is 12.4 Å². The number of ketones is 1. The topological polar surface area (TPSA) is 115 Å². The van der Waals surface area contributed by atoms with Gasteiger partial charge in [-0.25, -0.2) is 4.98 Å². The van der Waals surface area contributed by atoms with Gasteiger partial charge in [-0.1, -0.05) is 0 Å². The highest BCUT2D eigenvalue weighted by Gasteiger charge is 2.14. The van der Waals surface area contributed by atoms with Gasteiger partial charge in [0.2, 0.25) is 5.91 Å². The largest absolute Gasteiger partial charge is 0.370 e. The highest BCUT2D eigenvalue weighted by Crippen LogP contribution is 2.02. The summed E-state index contributed by atoms with van der Waals surface area (Å²) in [5.74, 6) is 0.252. The van der Waals surface area contributed by atoms with Gasteiger partial charge in [0, 0.05) is 31.7 Å². The first-order chi connectivity index (χ1) is 7.59. The van der Waals surface area contributed by atoms with Crippen LogP contribution in [0.2, 0.25) is 0 Å². The molecule has 0 aliphatic heterocycles. The lowest BCUT2D eigenvalue weighted by Gasteiger charge is -2.08. The Bertz CT molecular complexity index is 348. The Morgan fingerprint density at radius 1 is 1.44 bits per heavy atom. The number of hydrogen-bond donors (Lipinski definition) is 3. The number of H-pyrrole nitrogens is 1. The first-order valence-corrected chi connectivity index (χ1v) is 5.14. The third-order valence-electron chi connectivity index (χ3n) is 2.28. The number of nitrogens with one attached hydrogen (secondary N) is 1. The highest BCUT2D eigenvalue weighted by atomic mass is 16.1. The standard InChI is InChI=1S/C10H16N4O2/c11-7(1-3-9(12)16)8(15)2-4-10-13-5-6-14-10/h5-7H,1-4,11H2,(H2,12,16)(H,13,14). The van der Waals surface area contributed by atoms with Crippen molar-refractivity contribution in [2.45, 2.75) is 31.7 Å². The van der Waals surface area contributed by atoms with Crippen LogP contribution in [-0.2, 0) is 16.0 Å². The molecule has 6 nitrogen and oxygen atoms in total. The van der Waals surface area contributed by atoms with Crippen LogP contribution < -0.4 is 11.5 Å². The molecule has 1 amide bonds. The Kier molecular flexibility index (Phi) is 4.65. The van der Waals surface area contributed by atoms with E-state index in [0.29, 0.717) is 19.3 Å². The van der Waals surface area contributed by atoms with Crippen LogP contribution in [0.5, 0.6) is 0 Å². The Balaban J connectivity index is 2.26. The van der Waals surface area contributed by atoms with Crippen molar-refractivity contribution >= 4 is 11.7 Å². The second-order valence-corrected chi connectivity index (χ2v) is 3.61. The third kappa shape index (κ3) is 4.22. The van der Waals surface area contributed by atoms with E-state index in [1.165, 1.54) is 0 Å². The molecule has 16 heavy (non-hydrogen) atoms. The van der Waals surface area contributed by atoms with E-state index in [4.69, 9.17) is 11.5 Å². The summed E-state index contributed by atoms with van der Waals surface area (Å²) >= 11 is 0. The van der Waals surface area contributed by atoms with Crippen LogP contribution in [0.3, 0.4) is 0 Å². The molecule has 0 saturated carbocycles. The van der Waals surface area contributed by atoms with Crippen molar-refractivity contribution in [1.29, 1.82) is 0 Å². The van der Waals surface area contributed by atoms with E-state index in [1.54, 1.807) is 12.4 Å². The monoisotopic (exact) mass is 224 g/mol. The molecule has 0 aliphatic carbocycles. The maximum absolute atomic E-state index is 11.5. The molecule has 0 bridgehead atoms. The summed E-state index contributed by atoms with van der Waals surface area (Å²) in [5.41, 5.74) is 10.6. The molecule has 6 heteroatoms. The van der Waals surface area contributed by atoms with Crippen molar-refractivity contribution in [3.63, 3.8) is 0 Å². The number of aryl methyl sites for hydroxylation is 1. The smallest absolute Gasteiger partial charge is 0.217 e. The van der Waals surface area contributed by atoms with Crippen molar-refractivity contribution < 1.29 is 9.59 Å². The minimum atomic E-state index is -0.609. The summed E-state index contributed by atoms with van der Waals surface area (Å²) in [4.78, 5) is 28.9. The van der Waals surface area contributed by atoms with Crippen molar-refractivity contribution in [3.8, 4) is 0 Å². The summed E-state index contributed by atoms with van der Waals surface area (Å²) in [6.07, 6.45) is 4.66. The first-order valence-electron chi connectivity index (χ1n) is 5.14. The fourth-order valence-electron chi connectivity index (χ4n) is 1.32. The van der Waals surface area contributed by atoms with Crippen LogP contribution in [0.1, 0.15) is 25.1 Å². The fourth-order valence-corrected chi connectivity index (χ4v) is 1.32. The summed E-state index contributed by atoms with van der Waals surface area (Å²) in [5, 5.41) is 0. The number of amides is 1. The molecule has 88 valence electrons. The molecule has 1 aromatic heterocycles. The first kappa shape index (κ1) is 12.4. The Hall–Kier alpha value is -1.69. The van der Waals surface area contributed by atoms with Crippen LogP contribution in [0, 0.1) is 0 Å². The molecule has 0 saturated heterocycles. The van der Waals surface area contributed by atoms with Crippen molar-refractivity contribution in [2.75, 3.05) is 0 Å². The molecule has 1 atom stereocenters. The number of aromatic amines is 1. The van der Waals surface area contributed by atoms with Gasteiger partial charge in [0.1, 0.15) is 11.6 Å². The molecule has 1 rings (SSSR count). The summed E-state index contributed by atoms with van der Waals surface area (Å²) in [6, 6.07) is -0.609. The molecule has 0 aromatic carbocycles. The maximum Gasteiger partial charge on any atom is 0.217 e.